The molecule has 1 aromatic carbocycles. The van der Waals surface area contributed by atoms with Crippen molar-refractivity contribution in [2.45, 2.75) is 121 Å². The summed E-state index contributed by atoms with van der Waals surface area (Å²) in [6, 6.07) is 5.55. The second kappa shape index (κ2) is 11.2. The molecule has 0 N–H and O–H groups in total. The molecule has 0 amide bonds. The van der Waals surface area contributed by atoms with Gasteiger partial charge >= 0.3 is 6.18 Å². The van der Waals surface area contributed by atoms with E-state index in [-0.39, 0.29) is 22.5 Å². The van der Waals surface area contributed by atoms with Gasteiger partial charge in [0.2, 0.25) is 0 Å². The summed E-state index contributed by atoms with van der Waals surface area (Å²) in [4.78, 5) is 5.55. The van der Waals surface area contributed by atoms with Crippen LogP contribution in [0.3, 0.4) is 0 Å². The van der Waals surface area contributed by atoms with Crippen LogP contribution in [0, 0.1) is 5.41 Å². The molecule has 1 aliphatic carbocycles. The molecule has 1 aromatic heterocycles. The normalized spacial score (nSPS) is 25.6. The fourth-order valence-electron chi connectivity index (χ4n) is 7.46. The summed E-state index contributed by atoms with van der Waals surface area (Å²) in [7, 11) is -2.18. The quantitative estimate of drug-likeness (QED) is 0.315. The van der Waals surface area contributed by atoms with Crippen molar-refractivity contribution in [1.82, 2.24) is 4.98 Å². The van der Waals surface area contributed by atoms with Crippen LogP contribution >= 0.6 is 0 Å². The predicted octanol–water partition coefficient (Wildman–Crippen LogP) is 9.16. The van der Waals surface area contributed by atoms with E-state index < -0.39 is 31.8 Å². The highest BCUT2D eigenvalue weighted by Gasteiger charge is 2.54. The molecule has 1 unspecified atom stereocenters. The van der Waals surface area contributed by atoms with E-state index in [4.69, 9.17) is 23.6 Å². The number of hydrogen-bond donors (Lipinski definition) is 0. The first-order valence-corrected chi connectivity index (χ1v) is 19.2. The molecule has 2 fully saturated rings. The van der Waals surface area contributed by atoms with Crippen LogP contribution in [-0.2, 0) is 36.8 Å². The zero-order chi connectivity index (χ0) is 31.7. The zero-order valence-corrected chi connectivity index (χ0v) is 28.3. The van der Waals surface area contributed by atoms with Crippen LogP contribution in [0.2, 0.25) is 18.1 Å². The Labute approximate surface area is 261 Å². The molecule has 0 saturated carbocycles. The van der Waals surface area contributed by atoms with Crippen LogP contribution in [0.1, 0.15) is 124 Å². The van der Waals surface area contributed by atoms with Crippen molar-refractivity contribution < 1.29 is 31.8 Å². The third-order valence-corrected chi connectivity index (χ3v) is 15.3. The molecule has 1 spiro atoms. The Balaban J connectivity index is 1.60. The molecule has 242 valence electrons. The highest BCUT2D eigenvalue weighted by atomic mass is 28.4. The van der Waals surface area contributed by atoms with Gasteiger partial charge in [-0.2, -0.15) is 13.2 Å². The second-order valence-corrected chi connectivity index (χ2v) is 20.4. The van der Waals surface area contributed by atoms with E-state index in [1.54, 1.807) is 12.1 Å². The smallest absolute Gasteiger partial charge is 0.410 e. The van der Waals surface area contributed by atoms with Crippen molar-refractivity contribution in [1.29, 1.82) is 0 Å². The van der Waals surface area contributed by atoms with Crippen LogP contribution in [0.15, 0.2) is 24.3 Å². The van der Waals surface area contributed by atoms with Gasteiger partial charge in [-0.15, -0.1) is 0 Å². The van der Waals surface area contributed by atoms with Crippen molar-refractivity contribution in [2.75, 3.05) is 26.4 Å². The van der Waals surface area contributed by atoms with E-state index in [0.29, 0.717) is 39.3 Å². The Kier molecular flexibility index (Phi) is 8.17. The average molecular weight is 632 g/mol. The van der Waals surface area contributed by atoms with E-state index in [1.165, 1.54) is 23.3 Å². The largest absolute Gasteiger partial charge is 0.416 e. The van der Waals surface area contributed by atoms with Crippen LogP contribution in [0.4, 0.5) is 13.2 Å². The summed E-state index contributed by atoms with van der Waals surface area (Å²) in [6.07, 6.45) is -0.199. The molecule has 6 rings (SSSR count). The summed E-state index contributed by atoms with van der Waals surface area (Å²) in [5.41, 5.74) is 5.04. The molecule has 44 heavy (non-hydrogen) atoms. The molecule has 4 heterocycles. The number of fused-ring (bicyclic) bond motifs is 4. The maximum absolute atomic E-state index is 13.6. The highest BCUT2D eigenvalue weighted by Crippen LogP contribution is 2.59. The molecule has 5 nitrogen and oxygen atoms in total. The minimum absolute atomic E-state index is 0.00332. The van der Waals surface area contributed by atoms with E-state index in [2.05, 4.69) is 47.7 Å². The average Bonchev–Trinajstić information content (AvgIpc) is 3.25. The molecule has 2 atom stereocenters. The molecular formula is C35H48F3NO4Si. The van der Waals surface area contributed by atoms with Gasteiger partial charge in [-0.25, -0.2) is 0 Å². The first-order valence-electron chi connectivity index (χ1n) is 16.3. The van der Waals surface area contributed by atoms with Crippen LogP contribution < -0.4 is 0 Å². The SMILES string of the molecule is CC1(C)Cc2nc(C3CCOCC3)c3c(c2C(O[Si](C)(C)C(C)(C)C)C1)C1(CCOCC1)O[C@@H]3c1ccc(C(F)(F)F)cc1. The minimum Gasteiger partial charge on any atom is -0.410 e. The highest BCUT2D eigenvalue weighted by molar-refractivity contribution is 6.74. The van der Waals surface area contributed by atoms with Crippen molar-refractivity contribution in [3.8, 4) is 0 Å². The van der Waals surface area contributed by atoms with Gasteiger partial charge in [-0.1, -0.05) is 46.8 Å². The number of benzene rings is 1. The topological polar surface area (TPSA) is 49.8 Å². The molecule has 0 radical (unpaired) electrons. The summed E-state index contributed by atoms with van der Waals surface area (Å²) in [5.74, 6) is 0.197. The van der Waals surface area contributed by atoms with Crippen LogP contribution in [0.5, 0.6) is 0 Å². The van der Waals surface area contributed by atoms with Crippen molar-refractivity contribution >= 4 is 8.32 Å². The predicted molar refractivity (Wildman–Crippen MR) is 166 cm³/mol. The molecule has 3 aliphatic heterocycles. The number of pyridine rings is 1. The standard InChI is InChI=1S/C35H48F3NO4Si/c1-32(2,3)44(6,7)43-26-21-33(4,5)20-25-27(26)29-28(30(39-25)22-12-16-40-17-13-22)31(42-34(29)14-18-41-19-15-34)23-8-10-24(11-9-23)35(36,37)38/h8-11,22,26,31H,12-21H2,1-7H3/t26?,31-/m1/s1. The fraction of sp³-hybridized carbons (Fsp3) is 0.686. The Morgan fingerprint density at radius 3 is 2.11 bits per heavy atom. The first-order chi connectivity index (χ1) is 20.5. The third kappa shape index (κ3) is 5.81. The van der Waals surface area contributed by atoms with Gasteiger partial charge in [-0.3, -0.25) is 4.98 Å². The van der Waals surface area contributed by atoms with Crippen molar-refractivity contribution in [2.24, 2.45) is 5.41 Å². The van der Waals surface area contributed by atoms with Crippen LogP contribution in [0.25, 0.3) is 0 Å². The molecule has 2 aromatic rings. The number of ether oxygens (including phenoxy) is 3. The Hall–Kier alpha value is -1.78. The lowest BCUT2D eigenvalue weighted by atomic mass is 9.69. The molecule has 0 bridgehead atoms. The van der Waals surface area contributed by atoms with E-state index in [1.807, 2.05) is 0 Å². The third-order valence-electron chi connectivity index (χ3n) is 10.8. The first kappa shape index (κ1) is 32.2. The van der Waals surface area contributed by atoms with Crippen LogP contribution in [-0.4, -0.2) is 39.7 Å². The fourth-order valence-corrected chi connectivity index (χ4v) is 8.73. The van der Waals surface area contributed by atoms with Gasteiger partial charge in [0.1, 0.15) is 6.10 Å². The number of hydrogen-bond acceptors (Lipinski definition) is 5. The van der Waals surface area contributed by atoms with Gasteiger partial charge in [0.05, 0.1) is 23.0 Å². The van der Waals surface area contributed by atoms with Gasteiger partial charge in [0, 0.05) is 62.0 Å². The van der Waals surface area contributed by atoms with Gasteiger partial charge in [0.15, 0.2) is 8.32 Å². The maximum atomic E-state index is 13.6. The van der Waals surface area contributed by atoms with Crippen molar-refractivity contribution in [3.05, 3.63) is 63.5 Å². The Morgan fingerprint density at radius 1 is 0.909 bits per heavy atom. The van der Waals surface area contributed by atoms with E-state index in [0.717, 1.165) is 48.2 Å². The summed E-state index contributed by atoms with van der Waals surface area (Å²) >= 11 is 0. The van der Waals surface area contributed by atoms with E-state index in [9.17, 15) is 13.2 Å². The molecule has 4 aliphatic rings. The Morgan fingerprint density at radius 2 is 1.52 bits per heavy atom. The van der Waals surface area contributed by atoms with Crippen molar-refractivity contribution in [3.63, 3.8) is 0 Å². The molecule has 9 heteroatoms. The number of nitrogens with zero attached hydrogens (tertiary/aromatic N) is 1. The van der Waals surface area contributed by atoms with E-state index >= 15 is 0 Å². The monoisotopic (exact) mass is 631 g/mol. The molecule has 2 saturated heterocycles. The second-order valence-electron chi connectivity index (χ2n) is 15.7. The van der Waals surface area contributed by atoms with Gasteiger partial charge in [0.25, 0.3) is 0 Å². The summed E-state index contributed by atoms with van der Waals surface area (Å²) in [6.45, 7) is 18.5. The molecular weight excluding hydrogens is 583 g/mol. The lowest BCUT2D eigenvalue weighted by Gasteiger charge is -2.46. The zero-order valence-electron chi connectivity index (χ0n) is 27.3. The number of rotatable bonds is 4. The minimum atomic E-state index is -4.40. The Bertz CT molecular complexity index is 1370. The lowest BCUT2D eigenvalue weighted by Crippen LogP contribution is -2.45. The number of halogens is 3. The number of aromatic nitrogens is 1. The number of alkyl halides is 3. The van der Waals surface area contributed by atoms with Gasteiger partial charge in [-0.05, 0) is 72.5 Å². The lowest BCUT2D eigenvalue weighted by molar-refractivity contribution is -0.137. The summed E-state index contributed by atoms with van der Waals surface area (Å²) in [5, 5.41) is 0.0308. The van der Waals surface area contributed by atoms with Gasteiger partial charge < -0.3 is 18.6 Å². The maximum Gasteiger partial charge on any atom is 0.416 e. The summed E-state index contributed by atoms with van der Waals surface area (Å²) < 4.78 is 66.8.